The molecule has 1 aromatic carbocycles. The van der Waals surface area contributed by atoms with E-state index in [0.29, 0.717) is 12.1 Å². The van der Waals surface area contributed by atoms with Gasteiger partial charge in [-0.25, -0.2) is 13.2 Å². The summed E-state index contributed by atoms with van der Waals surface area (Å²) in [5.41, 5.74) is 4.61. The van der Waals surface area contributed by atoms with E-state index in [1.54, 1.807) is 0 Å². The van der Waals surface area contributed by atoms with Crippen LogP contribution in [0.3, 0.4) is 0 Å². The smallest absolute Gasteiger partial charge is 0.167 e. The van der Waals surface area contributed by atoms with Crippen LogP contribution < -0.4 is 5.73 Å². The average Bonchev–Trinajstić information content (AvgIpc) is 2.11. The predicted molar refractivity (Wildman–Crippen MR) is 51.6 cm³/mol. The fraction of sp³-hybridized carbons (Fsp3) is 0.222. The van der Waals surface area contributed by atoms with E-state index in [1.165, 1.54) is 0 Å². The van der Waals surface area contributed by atoms with Crippen LogP contribution in [0.4, 0.5) is 13.2 Å². The molecule has 0 unspecified atom stereocenters. The lowest BCUT2D eigenvalue weighted by Crippen LogP contribution is -2.10. The van der Waals surface area contributed by atoms with Gasteiger partial charge in [-0.15, -0.1) is 12.4 Å². The van der Waals surface area contributed by atoms with E-state index in [4.69, 9.17) is 5.73 Å². The number of ketones is 1. The molecule has 0 aliphatic heterocycles. The lowest BCUT2D eigenvalue weighted by Gasteiger charge is -2.01. The topological polar surface area (TPSA) is 43.1 Å². The van der Waals surface area contributed by atoms with Gasteiger partial charge in [-0.1, -0.05) is 0 Å². The maximum Gasteiger partial charge on any atom is 0.167 e. The Kier molecular flexibility index (Phi) is 5.32. The van der Waals surface area contributed by atoms with E-state index in [2.05, 4.69) is 0 Å². The summed E-state index contributed by atoms with van der Waals surface area (Å²) >= 11 is 0. The highest BCUT2D eigenvalue weighted by molar-refractivity contribution is 5.96. The van der Waals surface area contributed by atoms with E-state index >= 15 is 0 Å². The van der Waals surface area contributed by atoms with Gasteiger partial charge in [-0.05, 0) is 12.6 Å². The van der Waals surface area contributed by atoms with Crippen LogP contribution in [-0.2, 0) is 0 Å². The Balaban J connectivity index is 0.00000196. The average molecular weight is 240 g/mol. The molecule has 2 N–H and O–H groups in total. The second kappa shape index (κ2) is 5.72. The number of benzene rings is 1. The Hall–Kier alpha value is -1.07. The van der Waals surface area contributed by atoms with Gasteiger partial charge >= 0.3 is 0 Å². The zero-order chi connectivity index (χ0) is 10.7. The highest BCUT2D eigenvalue weighted by atomic mass is 35.5. The van der Waals surface area contributed by atoms with Gasteiger partial charge in [0.05, 0.1) is 5.56 Å². The molecule has 2 nitrogen and oxygen atoms in total. The molecule has 0 saturated heterocycles. The van der Waals surface area contributed by atoms with E-state index in [9.17, 15) is 18.0 Å². The Labute approximate surface area is 90.7 Å². The summed E-state index contributed by atoms with van der Waals surface area (Å²) < 4.78 is 38.0. The van der Waals surface area contributed by atoms with Crippen LogP contribution in [0.1, 0.15) is 16.8 Å². The summed E-state index contributed by atoms with van der Waals surface area (Å²) in [6.07, 6.45) is -0.0952. The molecule has 1 aromatic rings. The molecule has 0 atom stereocenters. The minimum atomic E-state index is -1.31. The third kappa shape index (κ3) is 3.21. The van der Waals surface area contributed by atoms with Crippen molar-refractivity contribution in [2.45, 2.75) is 6.42 Å². The van der Waals surface area contributed by atoms with Crippen molar-refractivity contribution in [3.63, 3.8) is 0 Å². The third-order valence-electron chi connectivity index (χ3n) is 1.68. The second-order valence-electron chi connectivity index (χ2n) is 2.71. The molecular formula is C9H9ClF3NO. The molecule has 0 aliphatic carbocycles. The lowest BCUT2D eigenvalue weighted by atomic mass is 10.1. The van der Waals surface area contributed by atoms with E-state index in [0.717, 1.165) is 0 Å². The summed E-state index contributed by atoms with van der Waals surface area (Å²) in [5.74, 6) is -4.26. The number of hydrogen-bond donors (Lipinski definition) is 1. The minimum Gasteiger partial charge on any atom is -0.330 e. The molecule has 0 amide bonds. The largest absolute Gasteiger partial charge is 0.330 e. The SMILES string of the molecule is Cl.NCCC(=O)c1cc(F)c(F)cc1F. The number of nitrogens with two attached hydrogens (primary N) is 1. The number of Topliss-reactive ketones (excluding diaryl/α,β-unsaturated/α-hetero) is 1. The summed E-state index contributed by atoms with van der Waals surface area (Å²) in [7, 11) is 0. The second-order valence-corrected chi connectivity index (χ2v) is 2.71. The highest BCUT2D eigenvalue weighted by Crippen LogP contribution is 2.14. The first-order valence-corrected chi connectivity index (χ1v) is 3.94. The molecular weight excluding hydrogens is 231 g/mol. The Morgan fingerprint density at radius 2 is 1.67 bits per heavy atom. The van der Waals surface area contributed by atoms with Gasteiger partial charge in [0.2, 0.25) is 0 Å². The monoisotopic (exact) mass is 239 g/mol. The molecule has 84 valence electrons. The van der Waals surface area contributed by atoms with E-state index in [-0.39, 0.29) is 25.4 Å². The number of carbonyl (C=O) groups excluding carboxylic acids is 1. The number of carbonyl (C=O) groups is 1. The maximum absolute atomic E-state index is 12.9. The molecule has 0 fully saturated rings. The zero-order valence-corrected chi connectivity index (χ0v) is 8.41. The van der Waals surface area contributed by atoms with Gasteiger partial charge in [-0.3, -0.25) is 4.79 Å². The first-order valence-electron chi connectivity index (χ1n) is 3.94. The van der Waals surface area contributed by atoms with Gasteiger partial charge in [0.15, 0.2) is 17.4 Å². The summed E-state index contributed by atoms with van der Waals surface area (Å²) in [6, 6.07) is 0.891. The van der Waals surface area contributed by atoms with Crippen LogP contribution in [0.25, 0.3) is 0 Å². The van der Waals surface area contributed by atoms with Crippen molar-refractivity contribution >= 4 is 18.2 Å². The quantitative estimate of drug-likeness (QED) is 0.648. The van der Waals surface area contributed by atoms with Crippen molar-refractivity contribution in [2.24, 2.45) is 5.73 Å². The molecule has 0 spiro atoms. The molecule has 0 radical (unpaired) electrons. The fourth-order valence-electron chi connectivity index (χ4n) is 1.00. The lowest BCUT2D eigenvalue weighted by molar-refractivity contribution is 0.0981. The molecule has 0 bridgehead atoms. The third-order valence-corrected chi connectivity index (χ3v) is 1.68. The standard InChI is InChI=1S/C9H8F3NO.ClH/c10-6-4-8(12)7(11)3-5(6)9(14)1-2-13;/h3-4H,1-2,13H2;1H. The van der Waals surface area contributed by atoms with Crippen LogP contribution >= 0.6 is 12.4 Å². The molecule has 0 heterocycles. The number of halogens is 4. The zero-order valence-electron chi connectivity index (χ0n) is 7.60. The van der Waals surface area contributed by atoms with Gasteiger partial charge in [-0.2, -0.15) is 0 Å². The minimum absolute atomic E-state index is 0. The Morgan fingerprint density at radius 3 is 2.20 bits per heavy atom. The first kappa shape index (κ1) is 13.9. The van der Waals surface area contributed by atoms with Crippen molar-refractivity contribution in [3.8, 4) is 0 Å². The number of hydrogen-bond acceptors (Lipinski definition) is 2. The van der Waals surface area contributed by atoms with E-state index in [1.807, 2.05) is 0 Å². The van der Waals surface area contributed by atoms with Crippen LogP contribution in [-0.4, -0.2) is 12.3 Å². The highest BCUT2D eigenvalue weighted by Gasteiger charge is 2.15. The van der Waals surface area contributed by atoms with Crippen LogP contribution in [0, 0.1) is 17.5 Å². The Morgan fingerprint density at radius 1 is 1.13 bits per heavy atom. The van der Waals surface area contributed by atoms with Crippen LogP contribution in [0.15, 0.2) is 12.1 Å². The predicted octanol–water partition coefficient (Wildman–Crippen LogP) is 2.06. The van der Waals surface area contributed by atoms with Crippen LogP contribution in [0.5, 0.6) is 0 Å². The molecule has 1 rings (SSSR count). The molecule has 6 heteroatoms. The molecule has 0 aromatic heterocycles. The molecule has 0 saturated carbocycles. The summed E-state index contributed by atoms with van der Waals surface area (Å²) in [4.78, 5) is 11.1. The van der Waals surface area contributed by atoms with Crippen molar-refractivity contribution in [1.29, 1.82) is 0 Å². The van der Waals surface area contributed by atoms with Crippen molar-refractivity contribution < 1.29 is 18.0 Å². The van der Waals surface area contributed by atoms with Gasteiger partial charge in [0.25, 0.3) is 0 Å². The van der Waals surface area contributed by atoms with Crippen LogP contribution in [0.2, 0.25) is 0 Å². The van der Waals surface area contributed by atoms with Crippen molar-refractivity contribution in [2.75, 3.05) is 6.54 Å². The normalized spacial score (nSPS) is 9.60. The van der Waals surface area contributed by atoms with Gasteiger partial charge in [0.1, 0.15) is 5.82 Å². The van der Waals surface area contributed by atoms with Crippen molar-refractivity contribution in [3.05, 3.63) is 35.1 Å². The maximum atomic E-state index is 12.9. The molecule has 0 aliphatic rings. The first-order chi connectivity index (χ1) is 6.56. The van der Waals surface area contributed by atoms with Gasteiger partial charge in [0, 0.05) is 12.5 Å². The van der Waals surface area contributed by atoms with Gasteiger partial charge < -0.3 is 5.73 Å². The fourth-order valence-corrected chi connectivity index (χ4v) is 1.00. The van der Waals surface area contributed by atoms with E-state index < -0.39 is 28.8 Å². The Bertz CT molecular complexity index is 371. The summed E-state index contributed by atoms with van der Waals surface area (Å²) in [5, 5.41) is 0. The number of rotatable bonds is 3. The van der Waals surface area contributed by atoms with Crippen molar-refractivity contribution in [1.82, 2.24) is 0 Å². The summed E-state index contributed by atoms with van der Waals surface area (Å²) in [6.45, 7) is 0.0390. The molecule has 15 heavy (non-hydrogen) atoms.